The Morgan fingerprint density at radius 2 is 1.80 bits per heavy atom. The average Bonchev–Trinajstić information content (AvgIpc) is 2.78. The van der Waals surface area contributed by atoms with Gasteiger partial charge in [-0.2, -0.15) is 0 Å². The molecule has 1 aromatic rings. The number of thiazole rings is 1. The zero-order valence-electron chi connectivity index (χ0n) is 13.3. The molecule has 0 amide bonds. The lowest BCUT2D eigenvalue weighted by molar-refractivity contribution is 0.138. The molecule has 0 bridgehead atoms. The summed E-state index contributed by atoms with van der Waals surface area (Å²) in [5, 5.41) is 1.23. The van der Waals surface area contributed by atoms with E-state index in [-0.39, 0.29) is 5.54 Å². The van der Waals surface area contributed by atoms with E-state index in [0.29, 0.717) is 0 Å². The molecule has 0 unspecified atom stereocenters. The molecule has 1 aliphatic rings. The van der Waals surface area contributed by atoms with Crippen molar-refractivity contribution in [3.63, 3.8) is 0 Å². The number of nitrogens with two attached hydrogens (primary N) is 1. The molecule has 0 radical (unpaired) electrons. The molecule has 2 rings (SSSR count). The van der Waals surface area contributed by atoms with Gasteiger partial charge in [0.05, 0.1) is 10.7 Å². The first-order valence-electron chi connectivity index (χ1n) is 7.60. The molecule has 0 saturated carbocycles. The lowest BCUT2D eigenvalue weighted by Crippen LogP contribution is -2.46. The summed E-state index contributed by atoms with van der Waals surface area (Å²) in [5.74, 6) is 0. The Kier molecular flexibility index (Phi) is 5.18. The summed E-state index contributed by atoms with van der Waals surface area (Å²) in [7, 11) is 0. The fourth-order valence-electron chi connectivity index (χ4n) is 2.74. The van der Waals surface area contributed by atoms with Gasteiger partial charge in [0.15, 0.2) is 0 Å². The first-order valence-corrected chi connectivity index (χ1v) is 8.42. The quantitative estimate of drug-likeness (QED) is 0.900. The van der Waals surface area contributed by atoms with Gasteiger partial charge in [-0.1, -0.05) is 6.92 Å². The molecule has 5 heteroatoms. The number of hydrogen-bond donors (Lipinski definition) is 1. The lowest BCUT2D eigenvalue weighted by Gasteiger charge is -2.33. The molecule has 20 heavy (non-hydrogen) atoms. The Balaban J connectivity index is 1.86. The first kappa shape index (κ1) is 15.9. The molecular formula is C15H28N4S. The summed E-state index contributed by atoms with van der Waals surface area (Å²) in [4.78, 5) is 11.0. The zero-order valence-corrected chi connectivity index (χ0v) is 14.1. The van der Waals surface area contributed by atoms with Crippen molar-refractivity contribution < 1.29 is 0 Å². The highest BCUT2D eigenvalue weighted by Gasteiger charge is 2.22. The van der Waals surface area contributed by atoms with E-state index < -0.39 is 0 Å². The van der Waals surface area contributed by atoms with Crippen LogP contribution in [0.2, 0.25) is 0 Å². The van der Waals surface area contributed by atoms with E-state index in [1.165, 1.54) is 42.6 Å². The van der Waals surface area contributed by atoms with Gasteiger partial charge >= 0.3 is 0 Å². The number of rotatable bonds is 5. The van der Waals surface area contributed by atoms with E-state index in [4.69, 9.17) is 10.7 Å². The minimum atomic E-state index is -0.271. The van der Waals surface area contributed by atoms with Gasteiger partial charge in [0.2, 0.25) is 0 Å². The largest absolute Gasteiger partial charge is 0.321 e. The summed E-state index contributed by atoms with van der Waals surface area (Å²) in [5.41, 5.74) is 7.03. The monoisotopic (exact) mass is 296 g/mol. The molecule has 114 valence electrons. The molecule has 0 spiro atoms. The number of hydrogen-bond acceptors (Lipinski definition) is 5. The third-order valence-electron chi connectivity index (χ3n) is 3.98. The Bertz CT molecular complexity index is 428. The van der Waals surface area contributed by atoms with Gasteiger partial charge in [0.25, 0.3) is 0 Å². The SMILES string of the molecule is CCN1CCN(CCc2nc(C)c(C(C)(C)N)s2)CC1. The Morgan fingerprint density at radius 1 is 1.20 bits per heavy atom. The first-order chi connectivity index (χ1) is 9.40. The number of piperazine rings is 1. The molecule has 1 fully saturated rings. The van der Waals surface area contributed by atoms with Crippen molar-refractivity contribution in [3.05, 3.63) is 15.6 Å². The van der Waals surface area contributed by atoms with Gasteiger partial charge < -0.3 is 15.5 Å². The number of aryl methyl sites for hydroxylation is 1. The molecule has 1 aliphatic heterocycles. The van der Waals surface area contributed by atoms with E-state index in [0.717, 1.165) is 18.7 Å². The van der Waals surface area contributed by atoms with Crippen molar-refractivity contribution in [2.24, 2.45) is 5.73 Å². The van der Waals surface area contributed by atoms with Crippen LogP contribution in [0.4, 0.5) is 0 Å². The highest BCUT2D eigenvalue weighted by atomic mass is 32.1. The topological polar surface area (TPSA) is 45.4 Å². The van der Waals surface area contributed by atoms with Crippen molar-refractivity contribution >= 4 is 11.3 Å². The summed E-state index contributed by atoms with van der Waals surface area (Å²) in [6, 6.07) is 0. The highest BCUT2D eigenvalue weighted by molar-refractivity contribution is 7.11. The predicted molar refractivity (Wildman–Crippen MR) is 86.3 cm³/mol. The van der Waals surface area contributed by atoms with E-state index in [9.17, 15) is 0 Å². The van der Waals surface area contributed by atoms with Crippen LogP contribution in [0.3, 0.4) is 0 Å². The van der Waals surface area contributed by atoms with E-state index in [2.05, 4.69) is 37.5 Å². The summed E-state index contributed by atoms with van der Waals surface area (Å²) >= 11 is 1.79. The Morgan fingerprint density at radius 3 is 2.30 bits per heavy atom. The van der Waals surface area contributed by atoms with E-state index in [1.54, 1.807) is 11.3 Å². The van der Waals surface area contributed by atoms with Gasteiger partial charge in [0.1, 0.15) is 0 Å². The molecule has 4 nitrogen and oxygen atoms in total. The maximum absolute atomic E-state index is 6.19. The van der Waals surface area contributed by atoms with Crippen LogP contribution in [0.25, 0.3) is 0 Å². The highest BCUT2D eigenvalue weighted by Crippen LogP contribution is 2.28. The fraction of sp³-hybridized carbons (Fsp3) is 0.800. The van der Waals surface area contributed by atoms with Crippen LogP contribution >= 0.6 is 11.3 Å². The predicted octanol–water partition coefficient (Wildman–Crippen LogP) is 1.83. The normalized spacial score (nSPS) is 18.6. The van der Waals surface area contributed by atoms with Crippen LogP contribution in [-0.4, -0.2) is 54.1 Å². The molecule has 0 aromatic carbocycles. The van der Waals surface area contributed by atoms with Crippen molar-refractivity contribution in [3.8, 4) is 0 Å². The van der Waals surface area contributed by atoms with Crippen LogP contribution in [0.15, 0.2) is 0 Å². The number of nitrogens with zero attached hydrogens (tertiary/aromatic N) is 3. The molecule has 2 N–H and O–H groups in total. The molecule has 1 aromatic heterocycles. The van der Waals surface area contributed by atoms with Crippen LogP contribution in [0, 0.1) is 6.92 Å². The van der Waals surface area contributed by atoms with Gasteiger partial charge in [-0.25, -0.2) is 4.98 Å². The molecule has 2 heterocycles. The van der Waals surface area contributed by atoms with Gasteiger partial charge in [-0.05, 0) is 27.3 Å². The second-order valence-electron chi connectivity index (χ2n) is 6.27. The maximum atomic E-state index is 6.19. The Hall–Kier alpha value is -0.490. The van der Waals surface area contributed by atoms with Crippen molar-refractivity contribution in [2.75, 3.05) is 39.3 Å². The number of aromatic nitrogens is 1. The Labute approximate surface area is 127 Å². The van der Waals surface area contributed by atoms with Crippen LogP contribution in [-0.2, 0) is 12.0 Å². The van der Waals surface area contributed by atoms with Crippen LogP contribution in [0.5, 0.6) is 0 Å². The van der Waals surface area contributed by atoms with Gasteiger partial charge in [-0.15, -0.1) is 11.3 Å². The molecule has 0 atom stereocenters. The smallest absolute Gasteiger partial charge is 0.0944 e. The van der Waals surface area contributed by atoms with Crippen molar-refractivity contribution in [1.29, 1.82) is 0 Å². The van der Waals surface area contributed by atoms with E-state index in [1.807, 2.05) is 0 Å². The summed E-state index contributed by atoms with van der Waals surface area (Å²) in [6.07, 6.45) is 1.05. The minimum Gasteiger partial charge on any atom is -0.321 e. The van der Waals surface area contributed by atoms with Crippen molar-refractivity contribution in [2.45, 2.75) is 39.7 Å². The van der Waals surface area contributed by atoms with Gasteiger partial charge in [-0.3, -0.25) is 0 Å². The molecule has 0 aliphatic carbocycles. The molecule has 1 saturated heterocycles. The maximum Gasteiger partial charge on any atom is 0.0944 e. The van der Waals surface area contributed by atoms with Crippen LogP contribution < -0.4 is 5.73 Å². The fourth-order valence-corrected chi connectivity index (χ4v) is 3.81. The van der Waals surface area contributed by atoms with E-state index >= 15 is 0 Å². The van der Waals surface area contributed by atoms with Crippen LogP contribution in [0.1, 0.15) is 36.3 Å². The summed E-state index contributed by atoms with van der Waals surface area (Å²) in [6.45, 7) is 15.5. The summed E-state index contributed by atoms with van der Waals surface area (Å²) < 4.78 is 0. The second-order valence-corrected chi connectivity index (χ2v) is 7.35. The van der Waals surface area contributed by atoms with Gasteiger partial charge in [0, 0.05) is 49.6 Å². The molecular weight excluding hydrogens is 268 g/mol. The standard InChI is InChI=1S/C15H28N4S/c1-5-18-8-10-19(11-9-18)7-6-13-17-12(2)14(20-13)15(3,4)16/h5-11,16H2,1-4H3. The number of likely N-dealkylation sites (N-methyl/N-ethyl adjacent to an activating group) is 1. The lowest BCUT2D eigenvalue weighted by atomic mass is 10.0. The minimum absolute atomic E-state index is 0.271. The third kappa shape index (κ3) is 4.01. The zero-order chi connectivity index (χ0) is 14.8. The average molecular weight is 296 g/mol. The second kappa shape index (κ2) is 6.52. The third-order valence-corrected chi connectivity index (χ3v) is 5.54. The van der Waals surface area contributed by atoms with Crippen molar-refractivity contribution in [1.82, 2.24) is 14.8 Å².